The molecule has 1 unspecified atom stereocenters. The zero-order valence-corrected chi connectivity index (χ0v) is 18.7. The molecular weight excluding hydrogens is 420 g/mol. The van der Waals surface area contributed by atoms with E-state index in [1.165, 1.54) is 0 Å². The number of aliphatic hydroxyl groups excluding tert-OH is 1. The molecule has 31 heavy (non-hydrogen) atoms. The topological polar surface area (TPSA) is 105 Å². The summed E-state index contributed by atoms with van der Waals surface area (Å²) in [6.07, 6.45) is 5.22. The second kappa shape index (κ2) is 9.44. The minimum absolute atomic E-state index is 0.0940. The molecule has 8 nitrogen and oxygen atoms in total. The van der Waals surface area contributed by atoms with Gasteiger partial charge < -0.3 is 19.5 Å². The predicted octanol–water partition coefficient (Wildman–Crippen LogP) is 1.39. The maximum atomic E-state index is 13.4. The molecular formula is C22H32N2O6S. The number of fused-ring (bicyclic) bond motifs is 5. The standard InChI is InChI=1S/C22H32N2O6S/c1-31(27,28)23-18-6-4-12-24-19(18)14-29-16-10-8-15(9-11-16)17-5-2-3-7-20(17)30-21(13-25)22(24)26/h2-3,5,7,15-16,18-19,21,23,25H,4,6,8-14H2,1H3/t15-,16+,18-,19?,21+/m0/s1. The lowest BCUT2D eigenvalue weighted by atomic mass is 9.82. The van der Waals surface area contributed by atoms with Gasteiger partial charge in [0.15, 0.2) is 6.10 Å². The third-order valence-electron chi connectivity index (χ3n) is 6.67. The number of carbonyl (C=O) groups excluding carboxylic acids is 1. The summed E-state index contributed by atoms with van der Waals surface area (Å²) in [5.74, 6) is 0.629. The summed E-state index contributed by atoms with van der Waals surface area (Å²) in [5, 5.41) is 10.0. The zero-order chi connectivity index (χ0) is 22.0. The number of hydrogen-bond donors (Lipinski definition) is 2. The van der Waals surface area contributed by atoms with E-state index in [0.29, 0.717) is 31.1 Å². The lowest BCUT2D eigenvalue weighted by molar-refractivity contribution is -0.147. The summed E-state index contributed by atoms with van der Waals surface area (Å²) in [4.78, 5) is 15.1. The number of piperidine rings is 1. The first-order valence-corrected chi connectivity index (χ1v) is 13.0. The Hall–Kier alpha value is -1.68. The largest absolute Gasteiger partial charge is 0.478 e. The van der Waals surface area contributed by atoms with Gasteiger partial charge in [-0.1, -0.05) is 18.2 Å². The molecule has 9 heteroatoms. The van der Waals surface area contributed by atoms with Crippen molar-refractivity contribution in [2.24, 2.45) is 0 Å². The van der Waals surface area contributed by atoms with E-state index in [-0.39, 0.29) is 18.6 Å². The normalized spacial score (nSPS) is 32.1. The molecule has 0 aromatic heterocycles. The summed E-state index contributed by atoms with van der Waals surface area (Å²) in [6.45, 7) is 0.289. The zero-order valence-electron chi connectivity index (χ0n) is 17.9. The number of aliphatic hydroxyl groups is 1. The number of hydrogen-bond acceptors (Lipinski definition) is 6. The van der Waals surface area contributed by atoms with Crippen LogP contribution in [0.5, 0.6) is 5.75 Å². The van der Waals surface area contributed by atoms with E-state index in [1.54, 1.807) is 4.90 Å². The van der Waals surface area contributed by atoms with Gasteiger partial charge in [0.1, 0.15) is 5.75 Å². The van der Waals surface area contributed by atoms with Crippen LogP contribution in [0, 0.1) is 0 Å². The number of amides is 1. The van der Waals surface area contributed by atoms with Crippen molar-refractivity contribution in [2.45, 2.75) is 68.7 Å². The van der Waals surface area contributed by atoms with Crippen LogP contribution in [0.15, 0.2) is 24.3 Å². The number of sulfonamides is 1. The third kappa shape index (κ3) is 5.22. The van der Waals surface area contributed by atoms with E-state index in [1.807, 2.05) is 24.3 Å². The molecule has 1 aromatic carbocycles. The minimum atomic E-state index is -3.44. The predicted molar refractivity (Wildman–Crippen MR) is 115 cm³/mol. The van der Waals surface area contributed by atoms with E-state index >= 15 is 0 Å². The van der Waals surface area contributed by atoms with Crippen LogP contribution in [0.1, 0.15) is 50.0 Å². The summed E-state index contributed by atoms with van der Waals surface area (Å²) in [7, 11) is -3.44. The molecule has 3 aliphatic heterocycles. The van der Waals surface area contributed by atoms with Crippen molar-refractivity contribution in [3.63, 3.8) is 0 Å². The smallest absolute Gasteiger partial charge is 0.266 e. The highest BCUT2D eigenvalue weighted by molar-refractivity contribution is 7.88. The quantitative estimate of drug-likeness (QED) is 0.718. The number of nitrogens with zero attached hydrogens (tertiary/aromatic N) is 1. The van der Waals surface area contributed by atoms with Gasteiger partial charge >= 0.3 is 0 Å². The Kier molecular flexibility index (Phi) is 6.86. The first-order chi connectivity index (χ1) is 14.9. The number of nitrogens with one attached hydrogen (secondary N) is 1. The molecule has 2 fully saturated rings. The lowest BCUT2D eigenvalue weighted by Gasteiger charge is -2.42. The number of benzene rings is 1. The Bertz CT molecular complexity index is 884. The molecule has 5 rings (SSSR count). The molecule has 0 radical (unpaired) electrons. The number of para-hydroxylation sites is 1. The van der Waals surface area contributed by atoms with Gasteiger partial charge in [-0.05, 0) is 56.1 Å². The summed E-state index contributed by atoms with van der Waals surface area (Å²) in [6, 6.07) is 6.87. The van der Waals surface area contributed by atoms with Gasteiger partial charge in [0, 0.05) is 12.6 Å². The molecule has 3 heterocycles. The Labute approximate surface area is 184 Å². The third-order valence-corrected chi connectivity index (χ3v) is 7.40. The summed E-state index contributed by atoms with van der Waals surface area (Å²) >= 11 is 0. The van der Waals surface area contributed by atoms with Crippen LogP contribution >= 0.6 is 0 Å². The molecule has 1 aromatic rings. The van der Waals surface area contributed by atoms with Crippen LogP contribution in [-0.4, -0.2) is 74.6 Å². The van der Waals surface area contributed by atoms with Gasteiger partial charge in [0.25, 0.3) is 5.91 Å². The molecule has 172 valence electrons. The fraction of sp³-hybridized carbons (Fsp3) is 0.682. The fourth-order valence-corrected chi connectivity index (χ4v) is 5.98. The maximum Gasteiger partial charge on any atom is 0.266 e. The van der Waals surface area contributed by atoms with E-state index < -0.39 is 34.8 Å². The SMILES string of the molecule is CS(=O)(=O)N[C@H]1CCCN2C(=O)[C@@H](CO)Oc3ccccc3[C@H]3CC[C@H](CC3)OCC12. The molecule has 2 bridgehead atoms. The first-order valence-electron chi connectivity index (χ1n) is 11.1. The van der Waals surface area contributed by atoms with Crippen molar-refractivity contribution in [3.05, 3.63) is 29.8 Å². The van der Waals surface area contributed by atoms with Crippen molar-refractivity contribution < 1.29 is 27.8 Å². The Morgan fingerprint density at radius 3 is 2.61 bits per heavy atom. The molecule has 4 aliphatic rings. The van der Waals surface area contributed by atoms with Gasteiger partial charge in [0.05, 0.1) is 31.6 Å². The Morgan fingerprint density at radius 1 is 1.16 bits per heavy atom. The van der Waals surface area contributed by atoms with Crippen molar-refractivity contribution >= 4 is 15.9 Å². The van der Waals surface area contributed by atoms with Crippen LogP contribution < -0.4 is 9.46 Å². The first kappa shape index (κ1) is 22.5. The fourth-order valence-electron chi connectivity index (χ4n) is 5.15. The number of rotatable bonds is 3. The molecule has 1 saturated heterocycles. The highest BCUT2D eigenvalue weighted by Crippen LogP contribution is 2.39. The maximum absolute atomic E-state index is 13.4. The monoisotopic (exact) mass is 452 g/mol. The van der Waals surface area contributed by atoms with E-state index in [2.05, 4.69) is 4.72 Å². The number of carbonyl (C=O) groups is 1. The van der Waals surface area contributed by atoms with E-state index in [4.69, 9.17) is 9.47 Å². The molecule has 3 atom stereocenters. The van der Waals surface area contributed by atoms with Gasteiger partial charge in [-0.15, -0.1) is 0 Å². The average molecular weight is 453 g/mol. The lowest BCUT2D eigenvalue weighted by Crippen LogP contribution is -2.61. The van der Waals surface area contributed by atoms with Crippen molar-refractivity contribution in [1.82, 2.24) is 9.62 Å². The van der Waals surface area contributed by atoms with Crippen molar-refractivity contribution in [2.75, 3.05) is 26.0 Å². The van der Waals surface area contributed by atoms with Crippen molar-refractivity contribution in [1.29, 1.82) is 0 Å². The molecule has 2 N–H and O–H groups in total. The van der Waals surface area contributed by atoms with Gasteiger partial charge in [-0.25, -0.2) is 13.1 Å². The second-order valence-electron chi connectivity index (χ2n) is 8.87. The van der Waals surface area contributed by atoms with Crippen LogP contribution in [0.2, 0.25) is 0 Å². The average Bonchev–Trinajstić information content (AvgIpc) is 2.76. The molecule has 0 spiro atoms. The second-order valence-corrected chi connectivity index (χ2v) is 10.7. The van der Waals surface area contributed by atoms with Crippen molar-refractivity contribution in [3.8, 4) is 5.75 Å². The van der Waals surface area contributed by atoms with Gasteiger partial charge in [-0.3, -0.25) is 4.79 Å². The summed E-state index contributed by atoms with van der Waals surface area (Å²) < 4.78 is 38.9. The number of ether oxygens (including phenoxy) is 2. The Morgan fingerprint density at radius 2 is 1.90 bits per heavy atom. The molecule has 1 amide bonds. The highest BCUT2D eigenvalue weighted by atomic mass is 32.2. The van der Waals surface area contributed by atoms with Crippen LogP contribution in [-0.2, 0) is 19.6 Å². The highest BCUT2D eigenvalue weighted by Gasteiger charge is 2.40. The van der Waals surface area contributed by atoms with Crippen LogP contribution in [0.25, 0.3) is 0 Å². The van der Waals surface area contributed by atoms with Crippen LogP contribution in [0.4, 0.5) is 0 Å². The van der Waals surface area contributed by atoms with Crippen LogP contribution in [0.3, 0.4) is 0 Å². The van der Waals surface area contributed by atoms with E-state index in [9.17, 15) is 18.3 Å². The minimum Gasteiger partial charge on any atom is -0.478 e. The summed E-state index contributed by atoms with van der Waals surface area (Å²) in [5.41, 5.74) is 1.07. The Balaban J connectivity index is 1.68. The van der Waals surface area contributed by atoms with E-state index in [0.717, 1.165) is 37.5 Å². The molecule has 1 aliphatic carbocycles. The van der Waals surface area contributed by atoms with Gasteiger partial charge in [-0.2, -0.15) is 0 Å². The molecule has 1 saturated carbocycles. The van der Waals surface area contributed by atoms with Gasteiger partial charge in [0.2, 0.25) is 10.0 Å².